The minimum atomic E-state index is -4.22. The van der Waals surface area contributed by atoms with Gasteiger partial charge in [0.1, 0.15) is 6.10 Å². The number of ether oxygens (including phenoxy) is 1. The van der Waals surface area contributed by atoms with Crippen molar-refractivity contribution in [3.63, 3.8) is 0 Å². The number of halogens is 3. The number of anilines is 1. The number of carbonyl (C=O) groups is 2. The molecule has 1 amide bonds. The lowest BCUT2D eigenvalue weighted by atomic mass is 9.97. The van der Waals surface area contributed by atoms with E-state index in [0.717, 1.165) is 5.56 Å². The van der Waals surface area contributed by atoms with Crippen molar-refractivity contribution in [2.45, 2.75) is 39.0 Å². The third-order valence-corrected chi connectivity index (χ3v) is 4.29. The largest absolute Gasteiger partial charge is 0.458 e. The quantitative estimate of drug-likeness (QED) is 0.804. The highest BCUT2D eigenvalue weighted by atomic mass is 19.4. The lowest BCUT2D eigenvalue weighted by Gasteiger charge is -2.31. The molecule has 0 radical (unpaired) electrons. The van der Waals surface area contributed by atoms with E-state index in [1.165, 1.54) is 11.8 Å². The normalized spacial score (nSPS) is 17.6. The van der Waals surface area contributed by atoms with Crippen molar-refractivity contribution in [3.8, 4) is 0 Å². The predicted octanol–water partition coefficient (Wildman–Crippen LogP) is 3.52. The average molecular weight is 372 g/mol. The lowest BCUT2D eigenvalue weighted by molar-refractivity contribution is -0.159. The Bertz CT molecular complexity index is 641. The van der Waals surface area contributed by atoms with Gasteiger partial charge in [-0.2, -0.15) is 13.2 Å². The van der Waals surface area contributed by atoms with Crippen LogP contribution in [0.15, 0.2) is 24.3 Å². The molecule has 0 aliphatic carbocycles. The fourth-order valence-corrected chi connectivity index (χ4v) is 2.99. The van der Waals surface area contributed by atoms with Gasteiger partial charge in [-0.3, -0.25) is 14.5 Å². The summed E-state index contributed by atoms with van der Waals surface area (Å²) in [5.74, 6) is -0.980. The van der Waals surface area contributed by atoms with E-state index in [0.29, 0.717) is 18.5 Å². The Balaban J connectivity index is 1.87. The number of amides is 1. The van der Waals surface area contributed by atoms with E-state index in [2.05, 4.69) is 5.32 Å². The molecule has 1 aliphatic rings. The lowest BCUT2D eigenvalue weighted by Crippen LogP contribution is -2.41. The molecule has 1 heterocycles. The Kier molecular flexibility index (Phi) is 6.63. The second-order valence-electron chi connectivity index (χ2n) is 6.55. The molecule has 144 valence electrons. The summed E-state index contributed by atoms with van der Waals surface area (Å²) < 4.78 is 42.7. The number of hydrogen-bond donors (Lipinski definition) is 1. The van der Waals surface area contributed by atoms with Crippen molar-refractivity contribution in [1.82, 2.24) is 4.90 Å². The minimum absolute atomic E-state index is 0.197. The zero-order valence-corrected chi connectivity index (χ0v) is 14.8. The minimum Gasteiger partial charge on any atom is -0.458 e. The molecule has 0 spiro atoms. The van der Waals surface area contributed by atoms with Crippen LogP contribution < -0.4 is 5.32 Å². The van der Waals surface area contributed by atoms with Gasteiger partial charge in [-0.15, -0.1) is 0 Å². The number of benzene rings is 1. The molecule has 1 N–H and O–H groups in total. The van der Waals surface area contributed by atoms with Crippen molar-refractivity contribution >= 4 is 17.6 Å². The van der Waals surface area contributed by atoms with Gasteiger partial charge in [0.2, 0.25) is 5.91 Å². The SMILES string of the molecule is CC(=O)Nc1cccc(C(C)OC(=O)C2CCN(CC(F)(F)F)CC2)c1. The Morgan fingerprint density at radius 1 is 1.31 bits per heavy atom. The fraction of sp³-hybridized carbons (Fsp3) is 0.556. The molecule has 26 heavy (non-hydrogen) atoms. The molecule has 5 nitrogen and oxygen atoms in total. The molecular weight excluding hydrogens is 349 g/mol. The van der Waals surface area contributed by atoms with Crippen LogP contribution in [0.25, 0.3) is 0 Å². The topological polar surface area (TPSA) is 58.6 Å². The molecule has 1 saturated heterocycles. The highest BCUT2D eigenvalue weighted by Gasteiger charge is 2.34. The Labute approximate surface area is 150 Å². The van der Waals surface area contributed by atoms with E-state index >= 15 is 0 Å². The van der Waals surface area contributed by atoms with E-state index in [-0.39, 0.29) is 24.9 Å². The van der Waals surface area contributed by atoms with Gasteiger partial charge in [0.05, 0.1) is 12.5 Å². The molecule has 0 aromatic heterocycles. The van der Waals surface area contributed by atoms with Crippen molar-refractivity contribution < 1.29 is 27.5 Å². The highest BCUT2D eigenvalue weighted by molar-refractivity contribution is 5.88. The van der Waals surface area contributed by atoms with Crippen LogP contribution >= 0.6 is 0 Å². The number of likely N-dealkylation sites (tertiary alicyclic amines) is 1. The van der Waals surface area contributed by atoms with Gasteiger partial charge in [0, 0.05) is 12.6 Å². The number of piperidine rings is 1. The van der Waals surface area contributed by atoms with Crippen molar-refractivity contribution in [3.05, 3.63) is 29.8 Å². The molecule has 8 heteroatoms. The number of carbonyl (C=O) groups excluding carboxylic acids is 2. The zero-order valence-electron chi connectivity index (χ0n) is 14.8. The first-order chi connectivity index (χ1) is 12.1. The Hall–Kier alpha value is -2.09. The first-order valence-corrected chi connectivity index (χ1v) is 8.51. The number of nitrogens with zero attached hydrogens (tertiary/aromatic N) is 1. The maximum absolute atomic E-state index is 12.4. The molecule has 1 fully saturated rings. The average Bonchev–Trinajstić information content (AvgIpc) is 2.53. The summed E-state index contributed by atoms with van der Waals surface area (Å²) in [6.45, 7) is 2.64. The summed E-state index contributed by atoms with van der Waals surface area (Å²) in [5, 5.41) is 2.66. The van der Waals surface area contributed by atoms with Gasteiger partial charge < -0.3 is 10.1 Å². The number of alkyl halides is 3. The summed E-state index contributed by atoms with van der Waals surface area (Å²) >= 11 is 0. The van der Waals surface area contributed by atoms with Gasteiger partial charge in [0.25, 0.3) is 0 Å². The maximum atomic E-state index is 12.4. The third-order valence-electron chi connectivity index (χ3n) is 4.29. The Morgan fingerprint density at radius 3 is 2.54 bits per heavy atom. The second-order valence-corrected chi connectivity index (χ2v) is 6.55. The number of esters is 1. The van der Waals surface area contributed by atoms with Gasteiger partial charge >= 0.3 is 12.1 Å². The van der Waals surface area contributed by atoms with Gasteiger partial charge in [-0.1, -0.05) is 12.1 Å². The summed E-state index contributed by atoms with van der Waals surface area (Å²) in [7, 11) is 0. The van der Waals surface area contributed by atoms with Crippen LogP contribution in [0.5, 0.6) is 0 Å². The first-order valence-electron chi connectivity index (χ1n) is 8.51. The van der Waals surface area contributed by atoms with Crippen LogP contribution in [0.2, 0.25) is 0 Å². The fourth-order valence-electron chi connectivity index (χ4n) is 2.99. The smallest absolute Gasteiger partial charge is 0.401 e. The summed E-state index contributed by atoms with van der Waals surface area (Å²) in [6.07, 6.45) is -4.02. The van der Waals surface area contributed by atoms with Crippen LogP contribution in [0, 0.1) is 5.92 Å². The van der Waals surface area contributed by atoms with Crippen molar-refractivity contribution in [1.29, 1.82) is 0 Å². The van der Waals surface area contributed by atoms with Gasteiger partial charge in [0.15, 0.2) is 0 Å². The summed E-state index contributed by atoms with van der Waals surface area (Å²) in [6, 6.07) is 7.00. The first kappa shape index (κ1) is 20.2. The molecule has 1 aromatic carbocycles. The molecule has 2 rings (SSSR count). The van der Waals surface area contributed by atoms with Gasteiger partial charge in [-0.05, 0) is 50.6 Å². The van der Waals surface area contributed by atoms with E-state index in [4.69, 9.17) is 4.74 Å². The second kappa shape index (κ2) is 8.53. The number of hydrogen-bond acceptors (Lipinski definition) is 4. The van der Waals surface area contributed by atoms with E-state index in [1.54, 1.807) is 31.2 Å². The van der Waals surface area contributed by atoms with Crippen LogP contribution in [0.1, 0.15) is 38.4 Å². The van der Waals surface area contributed by atoms with Crippen molar-refractivity contribution in [2.75, 3.05) is 25.0 Å². The highest BCUT2D eigenvalue weighted by Crippen LogP contribution is 2.26. The molecular formula is C18H23F3N2O3. The number of nitrogens with one attached hydrogen (secondary N) is 1. The van der Waals surface area contributed by atoms with E-state index in [1.807, 2.05) is 0 Å². The van der Waals surface area contributed by atoms with Gasteiger partial charge in [-0.25, -0.2) is 0 Å². The monoisotopic (exact) mass is 372 g/mol. The standard InChI is InChI=1S/C18H23F3N2O3/c1-12(15-4-3-5-16(10-15)22-13(2)24)26-17(25)14-6-8-23(9-7-14)11-18(19,20)21/h3-5,10,12,14H,6-9,11H2,1-2H3,(H,22,24). The molecule has 1 aromatic rings. The van der Waals surface area contributed by atoms with Crippen LogP contribution in [0.3, 0.4) is 0 Å². The maximum Gasteiger partial charge on any atom is 0.401 e. The molecule has 0 bridgehead atoms. The summed E-state index contributed by atoms with van der Waals surface area (Å²) in [4.78, 5) is 24.7. The van der Waals surface area contributed by atoms with Crippen LogP contribution in [0.4, 0.5) is 18.9 Å². The summed E-state index contributed by atoms with van der Waals surface area (Å²) in [5.41, 5.74) is 1.34. The Morgan fingerprint density at radius 2 is 1.96 bits per heavy atom. The molecule has 1 atom stereocenters. The zero-order chi connectivity index (χ0) is 19.3. The third kappa shape index (κ3) is 6.33. The van der Waals surface area contributed by atoms with E-state index in [9.17, 15) is 22.8 Å². The number of rotatable bonds is 5. The predicted molar refractivity (Wildman–Crippen MR) is 90.5 cm³/mol. The molecule has 1 unspecified atom stereocenters. The molecule has 0 saturated carbocycles. The molecule has 1 aliphatic heterocycles. The van der Waals surface area contributed by atoms with Crippen LogP contribution in [-0.4, -0.2) is 42.6 Å². The van der Waals surface area contributed by atoms with Crippen LogP contribution in [-0.2, 0) is 14.3 Å². The van der Waals surface area contributed by atoms with E-state index < -0.39 is 24.8 Å². The van der Waals surface area contributed by atoms with Crippen molar-refractivity contribution in [2.24, 2.45) is 5.92 Å².